The van der Waals surface area contributed by atoms with E-state index < -0.39 is 17.4 Å². The number of fused-ring (bicyclic) bond motifs is 4. The molecule has 7 heterocycles. The zero-order valence-electron chi connectivity index (χ0n) is 25.1. The lowest BCUT2D eigenvalue weighted by atomic mass is 9.89. The Labute approximate surface area is 262 Å². The van der Waals surface area contributed by atoms with Crippen molar-refractivity contribution in [2.24, 2.45) is 0 Å². The molecule has 4 aliphatic heterocycles. The molecule has 0 saturated carbocycles. The number of rotatable bonds is 5. The number of pyridine rings is 1. The molecule has 1 spiro atoms. The topological polar surface area (TPSA) is 141 Å². The third-order valence-electron chi connectivity index (χ3n) is 10.4. The van der Waals surface area contributed by atoms with Crippen molar-refractivity contribution in [3.8, 4) is 17.3 Å². The van der Waals surface area contributed by atoms with Crippen molar-refractivity contribution in [2.75, 3.05) is 37.7 Å². The first-order valence-corrected chi connectivity index (χ1v) is 15.9. The number of carbonyl (C=O) groups is 2. The van der Waals surface area contributed by atoms with Gasteiger partial charge in [-0.1, -0.05) is 24.3 Å². The monoisotopic (exact) mass is 621 g/mol. The van der Waals surface area contributed by atoms with Crippen LogP contribution in [0, 0.1) is 5.82 Å². The first-order chi connectivity index (χ1) is 22.4. The minimum absolute atomic E-state index is 0.0579. The zero-order valence-corrected chi connectivity index (χ0v) is 25.1. The van der Waals surface area contributed by atoms with Gasteiger partial charge in [-0.2, -0.15) is 15.1 Å². The Bertz CT molecular complexity index is 2070. The van der Waals surface area contributed by atoms with Gasteiger partial charge < -0.3 is 15.0 Å². The summed E-state index contributed by atoms with van der Waals surface area (Å²) in [7, 11) is 0. The number of halogens is 1. The van der Waals surface area contributed by atoms with Crippen LogP contribution in [0.4, 0.5) is 15.0 Å². The minimum atomic E-state index is -1.09. The predicted molar refractivity (Wildman–Crippen MR) is 169 cm³/mol. The predicted octanol–water partition coefficient (Wildman–Crippen LogP) is 4.05. The Morgan fingerprint density at radius 2 is 1.78 bits per heavy atom. The molecule has 0 radical (unpaired) electrons. The number of nitrogens with zero attached hydrogens (tertiary/aromatic N) is 6. The van der Waals surface area contributed by atoms with Crippen molar-refractivity contribution in [1.29, 1.82) is 0 Å². The van der Waals surface area contributed by atoms with Gasteiger partial charge in [0.1, 0.15) is 29.2 Å². The third kappa shape index (κ3) is 4.07. The van der Waals surface area contributed by atoms with E-state index >= 15 is 4.39 Å². The van der Waals surface area contributed by atoms with E-state index in [0.717, 1.165) is 60.4 Å². The number of ether oxygens (including phenoxy) is 1. The van der Waals surface area contributed by atoms with Gasteiger partial charge in [-0.25, -0.2) is 9.18 Å². The van der Waals surface area contributed by atoms with Crippen LogP contribution in [0.1, 0.15) is 38.5 Å². The smallest absolute Gasteiger partial charge is 0.322 e. The number of hydrogen-bond acceptors (Lipinski definition) is 9. The second-order valence-corrected chi connectivity index (χ2v) is 13.0. The lowest BCUT2D eigenvalue weighted by molar-refractivity contribution is -0.124. The third-order valence-corrected chi connectivity index (χ3v) is 10.4. The van der Waals surface area contributed by atoms with Crippen molar-refractivity contribution in [2.45, 2.75) is 49.6 Å². The van der Waals surface area contributed by atoms with Crippen molar-refractivity contribution in [3.05, 3.63) is 48.5 Å². The minimum Gasteiger partial charge on any atom is -0.461 e. The molecular formula is C33H32FN9O3. The van der Waals surface area contributed by atoms with E-state index in [1.54, 1.807) is 12.4 Å². The fraction of sp³-hybridized carbons (Fsp3) is 0.394. The number of urea groups is 1. The molecule has 4 fully saturated rings. The highest BCUT2D eigenvalue weighted by atomic mass is 19.1. The molecule has 4 saturated heterocycles. The average molecular weight is 622 g/mol. The highest BCUT2D eigenvalue weighted by Crippen LogP contribution is 2.41. The number of aromatic amines is 1. The van der Waals surface area contributed by atoms with Gasteiger partial charge in [0.25, 0.3) is 5.91 Å². The van der Waals surface area contributed by atoms with Crippen LogP contribution in [0.25, 0.3) is 43.8 Å². The van der Waals surface area contributed by atoms with Crippen LogP contribution in [-0.2, 0) is 4.79 Å². The highest BCUT2D eigenvalue weighted by molar-refractivity contribution is 6.12. The molecule has 234 valence electrons. The van der Waals surface area contributed by atoms with Gasteiger partial charge in [0.2, 0.25) is 0 Å². The van der Waals surface area contributed by atoms with Crippen molar-refractivity contribution < 1.29 is 18.7 Å². The molecule has 3 aromatic heterocycles. The summed E-state index contributed by atoms with van der Waals surface area (Å²) in [6.07, 6.45) is 8.72. The normalized spacial score (nSPS) is 22.7. The van der Waals surface area contributed by atoms with Crippen LogP contribution >= 0.6 is 0 Å². The molecule has 3 N–H and O–H groups in total. The Morgan fingerprint density at radius 3 is 2.61 bits per heavy atom. The van der Waals surface area contributed by atoms with Gasteiger partial charge >= 0.3 is 12.0 Å². The Morgan fingerprint density at radius 1 is 0.957 bits per heavy atom. The fourth-order valence-electron chi connectivity index (χ4n) is 8.22. The van der Waals surface area contributed by atoms with Crippen LogP contribution in [0.2, 0.25) is 0 Å². The quantitative estimate of drug-likeness (QED) is 0.248. The van der Waals surface area contributed by atoms with Gasteiger partial charge in [0.15, 0.2) is 5.82 Å². The van der Waals surface area contributed by atoms with Crippen LogP contribution in [0.5, 0.6) is 6.01 Å². The second-order valence-electron chi connectivity index (χ2n) is 13.0. The number of nitrogens with one attached hydrogen (secondary N) is 3. The molecular weight excluding hydrogens is 589 g/mol. The van der Waals surface area contributed by atoms with E-state index in [2.05, 4.69) is 35.7 Å². The SMILES string of the molecule is O=C1NC(=O)C2(CCCN(c3nc(OCC45CCCN4CCC5)nc4c(F)c(-c5c6ccccc6cc6[nH]ncc56)ncc34)C2)N1. The molecule has 0 aliphatic carbocycles. The number of hydrogen-bond donors (Lipinski definition) is 3. The van der Waals surface area contributed by atoms with E-state index in [-0.39, 0.29) is 35.2 Å². The van der Waals surface area contributed by atoms with Crippen LogP contribution in [0.3, 0.4) is 0 Å². The Hall–Kier alpha value is -4.91. The van der Waals surface area contributed by atoms with E-state index in [0.29, 0.717) is 42.8 Å². The summed E-state index contributed by atoms with van der Waals surface area (Å²) in [6.45, 7) is 3.24. The summed E-state index contributed by atoms with van der Waals surface area (Å²) in [6, 6.07) is 9.34. The largest absolute Gasteiger partial charge is 0.461 e. The average Bonchev–Trinajstić information content (AvgIpc) is 3.83. The molecule has 9 rings (SSSR count). The van der Waals surface area contributed by atoms with Gasteiger partial charge in [0.05, 0.1) is 29.2 Å². The maximum atomic E-state index is 17.0. The van der Waals surface area contributed by atoms with Gasteiger partial charge in [-0.05, 0) is 68.5 Å². The van der Waals surface area contributed by atoms with Crippen molar-refractivity contribution in [3.63, 3.8) is 0 Å². The number of H-pyrrole nitrogens is 1. The first kappa shape index (κ1) is 27.4. The number of anilines is 1. The molecule has 3 amide bonds. The summed E-state index contributed by atoms with van der Waals surface area (Å²) < 4.78 is 23.4. The molecule has 46 heavy (non-hydrogen) atoms. The Balaban J connectivity index is 1.20. The van der Waals surface area contributed by atoms with Crippen molar-refractivity contribution in [1.82, 2.24) is 40.7 Å². The van der Waals surface area contributed by atoms with Crippen LogP contribution in [-0.4, -0.2) is 85.9 Å². The molecule has 1 atom stereocenters. The summed E-state index contributed by atoms with van der Waals surface area (Å²) in [5, 5.41) is 15.4. The second kappa shape index (κ2) is 10.0. The summed E-state index contributed by atoms with van der Waals surface area (Å²) in [4.78, 5) is 43.7. The summed E-state index contributed by atoms with van der Waals surface area (Å²) in [5.41, 5.74) is 0.481. The van der Waals surface area contributed by atoms with Crippen molar-refractivity contribution >= 4 is 50.3 Å². The number of benzene rings is 2. The van der Waals surface area contributed by atoms with Gasteiger partial charge in [-0.3, -0.25) is 25.1 Å². The van der Waals surface area contributed by atoms with E-state index in [1.807, 2.05) is 35.2 Å². The highest BCUT2D eigenvalue weighted by Gasteiger charge is 2.49. The molecule has 13 heteroatoms. The molecule has 2 aromatic carbocycles. The maximum absolute atomic E-state index is 17.0. The lowest BCUT2D eigenvalue weighted by Crippen LogP contribution is -2.58. The maximum Gasteiger partial charge on any atom is 0.322 e. The van der Waals surface area contributed by atoms with Gasteiger partial charge in [-0.15, -0.1) is 0 Å². The lowest BCUT2D eigenvalue weighted by Gasteiger charge is -2.39. The number of amides is 3. The van der Waals surface area contributed by atoms with E-state index in [9.17, 15) is 9.59 Å². The number of carbonyl (C=O) groups excluding carboxylic acids is 2. The van der Waals surface area contributed by atoms with Crippen LogP contribution in [0.15, 0.2) is 42.7 Å². The first-order valence-electron chi connectivity index (χ1n) is 15.9. The summed E-state index contributed by atoms with van der Waals surface area (Å²) >= 11 is 0. The van der Waals surface area contributed by atoms with E-state index in [4.69, 9.17) is 9.72 Å². The number of piperidine rings is 1. The molecule has 0 bridgehead atoms. The summed E-state index contributed by atoms with van der Waals surface area (Å²) in [5.74, 6) is -0.542. The standard InChI is InChI=1S/C33H32FN9O3/c34-25-26-22(15-35-27(25)24-20-7-2-1-6-19(20)14-23-21(24)16-36-41-23)28(42-11-5-10-33(17-42)29(44)39-30(45)40-33)38-31(37-26)46-18-32-8-3-12-43(32)13-4-9-32/h1-2,6-7,14-16H,3-5,8-13,17-18H2,(H,36,41)(H2,39,40,44,45). The van der Waals surface area contributed by atoms with Gasteiger partial charge in [0, 0.05) is 23.7 Å². The molecule has 1 unspecified atom stereocenters. The van der Waals surface area contributed by atoms with E-state index in [1.165, 1.54) is 0 Å². The Kier molecular flexibility index (Phi) is 5.98. The fourth-order valence-corrected chi connectivity index (χ4v) is 8.22. The number of aromatic nitrogens is 5. The van der Waals surface area contributed by atoms with Crippen LogP contribution < -0.4 is 20.3 Å². The molecule has 4 aliphatic rings. The molecule has 5 aromatic rings. The zero-order chi connectivity index (χ0) is 31.0. The number of imide groups is 1. The molecule has 12 nitrogen and oxygen atoms in total.